The molecule has 1 heterocycles. The summed E-state index contributed by atoms with van der Waals surface area (Å²) in [5.74, 6) is 0.931. The summed E-state index contributed by atoms with van der Waals surface area (Å²) in [6.45, 7) is 0. The fourth-order valence-electron chi connectivity index (χ4n) is 3.23. The van der Waals surface area contributed by atoms with E-state index in [0.717, 1.165) is 24.2 Å². The van der Waals surface area contributed by atoms with Crippen LogP contribution in [0.4, 0.5) is 0 Å². The van der Waals surface area contributed by atoms with Crippen LogP contribution >= 0.6 is 22.9 Å². The molecule has 1 atom stereocenters. The molecule has 1 saturated carbocycles. The molecule has 1 fully saturated rings. The standard InChI is InChI=1S/C21H18ClNO3S2/c1-26-15-8-6-14(7-9-15)21(10-11-21)18(24)12-19-23-13-20(27-19)28(25)17-5-3-2-4-16(17)22/h2-9,13H,10-12H2,1H3. The van der Waals surface area contributed by atoms with Crippen LogP contribution in [0.25, 0.3) is 0 Å². The lowest BCUT2D eigenvalue weighted by molar-refractivity contribution is -0.120. The zero-order valence-electron chi connectivity index (χ0n) is 15.2. The van der Waals surface area contributed by atoms with E-state index in [1.807, 2.05) is 24.3 Å². The fraction of sp³-hybridized carbons (Fsp3) is 0.238. The number of methoxy groups -OCH3 is 1. The normalized spacial score (nSPS) is 15.8. The van der Waals surface area contributed by atoms with Crippen molar-refractivity contribution in [3.8, 4) is 5.75 Å². The summed E-state index contributed by atoms with van der Waals surface area (Å²) in [6, 6.07) is 14.8. The number of hydrogen-bond acceptors (Lipinski definition) is 5. The molecule has 0 amide bonds. The third kappa shape index (κ3) is 3.64. The number of halogens is 1. The number of ketones is 1. The highest BCUT2D eigenvalue weighted by Gasteiger charge is 2.50. The van der Waals surface area contributed by atoms with E-state index >= 15 is 0 Å². The van der Waals surface area contributed by atoms with Gasteiger partial charge < -0.3 is 4.74 Å². The van der Waals surface area contributed by atoms with Gasteiger partial charge in [0.25, 0.3) is 0 Å². The number of hydrogen-bond donors (Lipinski definition) is 0. The molecule has 0 N–H and O–H groups in total. The SMILES string of the molecule is COc1ccc(C2(C(=O)Cc3ncc(S(=O)c4ccccc4Cl)s3)CC2)cc1. The molecule has 3 aromatic rings. The first kappa shape index (κ1) is 19.3. The third-order valence-corrected chi connectivity index (χ3v) is 8.15. The third-order valence-electron chi connectivity index (χ3n) is 4.99. The van der Waals surface area contributed by atoms with Crippen molar-refractivity contribution >= 4 is 39.5 Å². The van der Waals surface area contributed by atoms with Gasteiger partial charge in [0.05, 0.1) is 45.9 Å². The maximum absolute atomic E-state index is 13.0. The van der Waals surface area contributed by atoms with Gasteiger partial charge in [0.15, 0.2) is 0 Å². The van der Waals surface area contributed by atoms with Gasteiger partial charge in [-0.15, -0.1) is 11.3 Å². The largest absolute Gasteiger partial charge is 0.497 e. The summed E-state index contributed by atoms with van der Waals surface area (Å²) in [6.07, 6.45) is 3.53. The van der Waals surface area contributed by atoms with Gasteiger partial charge in [-0.05, 0) is 42.7 Å². The van der Waals surface area contributed by atoms with E-state index in [-0.39, 0.29) is 12.2 Å². The molecule has 2 aromatic carbocycles. The molecule has 7 heteroatoms. The van der Waals surface area contributed by atoms with Gasteiger partial charge in [0.2, 0.25) is 0 Å². The zero-order valence-corrected chi connectivity index (χ0v) is 17.6. The highest BCUT2D eigenvalue weighted by Crippen LogP contribution is 2.50. The summed E-state index contributed by atoms with van der Waals surface area (Å²) in [5, 5.41) is 1.14. The van der Waals surface area contributed by atoms with Crippen LogP contribution in [0.3, 0.4) is 0 Å². The van der Waals surface area contributed by atoms with Gasteiger partial charge in [-0.25, -0.2) is 9.19 Å². The van der Waals surface area contributed by atoms with Crippen molar-refractivity contribution in [3.05, 3.63) is 70.3 Å². The molecule has 4 nitrogen and oxygen atoms in total. The molecule has 0 bridgehead atoms. The van der Waals surface area contributed by atoms with Crippen molar-refractivity contribution < 1.29 is 13.7 Å². The number of carbonyl (C=O) groups excluding carboxylic acids is 1. The average molecular weight is 432 g/mol. The van der Waals surface area contributed by atoms with E-state index in [0.29, 0.717) is 19.1 Å². The Morgan fingerprint density at radius 3 is 2.57 bits per heavy atom. The van der Waals surface area contributed by atoms with Crippen LogP contribution in [0.15, 0.2) is 63.8 Å². The predicted molar refractivity (Wildman–Crippen MR) is 111 cm³/mol. The summed E-state index contributed by atoms with van der Waals surface area (Å²) in [5.41, 5.74) is 0.606. The van der Waals surface area contributed by atoms with E-state index in [9.17, 15) is 9.00 Å². The Kier molecular flexibility index (Phi) is 5.36. The van der Waals surface area contributed by atoms with E-state index in [4.69, 9.17) is 16.3 Å². The molecule has 0 radical (unpaired) electrons. The maximum Gasteiger partial charge on any atom is 0.150 e. The molecule has 1 unspecified atom stereocenters. The number of benzene rings is 2. The lowest BCUT2D eigenvalue weighted by atomic mass is 9.90. The van der Waals surface area contributed by atoms with Crippen molar-refractivity contribution in [2.75, 3.05) is 7.11 Å². The number of rotatable bonds is 7. The number of aromatic nitrogens is 1. The molecule has 1 aliphatic carbocycles. The first-order chi connectivity index (χ1) is 13.5. The molecule has 1 aromatic heterocycles. The predicted octanol–water partition coefficient (Wildman–Crippen LogP) is 4.82. The number of ether oxygens (including phenoxy) is 1. The van der Waals surface area contributed by atoms with Crippen LogP contribution in [0.5, 0.6) is 5.75 Å². The quantitative estimate of drug-likeness (QED) is 0.538. The van der Waals surface area contributed by atoms with Crippen molar-refractivity contribution in [1.82, 2.24) is 4.98 Å². The highest BCUT2D eigenvalue weighted by atomic mass is 35.5. The molecule has 0 spiro atoms. The summed E-state index contributed by atoms with van der Waals surface area (Å²) >= 11 is 7.45. The van der Waals surface area contributed by atoms with E-state index in [1.165, 1.54) is 11.3 Å². The van der Waals surface area contributed by atoms with Crippen LogP contribution < -0.4 is 4.74 Å². The second kappa shape index (κ2) is 7.78. The zero-order chi connectivity index (χ0) is 19.7. The highest BCUT2D eigenvalue weighted by molar-refractivity contribution is 7.87. The second-order valence-electron chi connectivity index (χ2n) is 6.68. The molecule has 4 rings (SSSR count). The first-order valence-corrected chi connectivity index (χ1v) is 11.2. The van der Waals surface area contributed by atoms with Crippen LogP contribution in [0.2, 0.25) is 5.02 Å². The smallest absolute Gasteiger partial charge is 0.150 e. The number of nitrogens with zero attached hydrogens (tertiary/aromatic N) is 1. The lowest BCUT2D eigenvalue weighted by Crippen LogP contribution is -2.22. The Hall–Kier alpha value is -2.02. The van der Waals surface area contributed by atoms with Gasteiger partial charge in [-0.3, -0.25) is 4.79 Å². The van der Waals surface area contributed by atoms with Crippen LogP contribution in [-0.4, -0.2) is 22.1 Å². The van der Waals surface area contributed by atoms with Crippen molar-refractivity contribution in [3.63, 3.8) is 0 Å². The minimum Gasteiger partial charge on any atom is -0.497 e. The van der Waals surface area contributed by atoms with Gasteiger partial charge in [-0.1, -0.05) is 35.9 Å². The first-order valence-electron chi connectivity index (χ1n) is 8.82. The second-order valence-corrected chi connectivity index (χ2v) is 9.88. The number of thiazole rings is 1. The maximum atomic E-state index is 13.0. The Bertz CT molecular complexity index is 1040. The Morgan fingerprint density at radius 1 is 1.21 bits per heavy atom. The van der Waals surface area contributed by atoms with Gasteiger partial charge in [0.1, 0.15) is 20.7 Å². The minimum atomic E-state index is -1.40. The molecule has 1 aliphatic rings. The summed E-state index contributed by atoms with van der Waals surface area (Å²) < 4.78 is 18.6. The monoisotopic (exact) mass is 431 g/mol. The number of carbonyl (C=O) groups is 1. The van der Waals surface area contributed by atoms with E-state index < -0.39 is 16.2 Å². The fourth-order valence-corrected chi connectivity index (χ4v) is 5.90. The van der Waals surface area contributed by atoms with Crippen molar-refractivity contribution in [2.45, 2.75) is 33.8 Å². The molecular formula is C21H18ClNO3S2. The van der Waals surface area contributed by atoms with Crippen molar-refractivity contribution in [1.29, 1.82) is 0 Å². The topological polar surface area (TPSA) is 56.3 Å². The minimum absolute atomic E-state index is 0.155. The van der Waals surface area contributed by atoms with Crippen molar-refractivity contribution in [2.24, 2.45) is 0 Å². The van der Waals surface area contributed by atoms with Gasteiger partial charge >= 0.3 is 0 Å². The molecule has 0 aliphatic heterocycles. The van der Waals surface area contributed by atoms with E-state index in [2.05, 4.69) is 4.98 Å². The lowest BCUT2D eigenvalue weighted by Gasteiger charge is -2.14. The van der Waals surface area contributed by atoms with Crippen LogP contribution in [-0.2, 0) is 27.4 Å². The Labute approximate surface area is 175 Å². The molecule has 28 heavy (non-hydrogen) atoms. The summed E-state index contributed by atoms with van der Waals surface area (Å²) in [4.78, 5) is 17.9. The Balaban J connectivity index is 1.50. The van der Waals surface area contributed by atoms with Crippen LogP contribution in [0.1, 0.15) is 23.4 Å². The number of Topliss-reactive ketones (excluding diaryl/α,β-unsaturated/α-hetero) is 1. The molecular weight excluding hydrogens is 414 g/mol. The van der Waals surface area contributed by atoms with Crippen LogP contribution in [0, 0.1) is 0 Å². The van der Waals surface area contributed by atoms with Gasteiger partial charge in [-0.2, -0.15) is 0 Å². The molecule has 144 valence electrons. The summed E-state index contributed by atoms with van der Waals surface area (Å²) in [7, 11) is 0.226. The average Bonchev–Trinajstić information content (AvgIpc) is 3.41. The molecule has 0 saturated heterocycles. The Morgan fingerprint density at radius 2 is 1.93 bits per heavy atom. The van der Waals surface area contributed by atoms with Gasteiger partial charge in [0, 0.05) is 0 Å². The van der Waals surface area contributed by atoms with E-state index in [1.54, 1.807) is 37.6 Å².